The van der Waals surface area contributed by atoms with Crippen LogP contribution in [0.25, 0.3) is 0 Å². The van der Waals surface area contributed by atoms with E-state index < -0.39 is 5.97 Å². The molecule has 0 fully saturated rings. The molecule has 0 saturated heterocycles. The fraction of sp³-hybridized carbons (Fsp3) is 0.611. The van der Waals surface area contributed by atoms with Gasteiger partial charge in [0.05, 0.1) is 12.7 Å². The number of hydrogen-bond donors (Lipinski definition) is 3. The summed E-state index contributed by atoms with van der Waals surface area (Å²) < 4.78 is 4.81. The first kappa shape index (κ1) is 20.7. The summed E-state index contributed by atoms with van der Waals surface area (Å²) in [4.78, 5) is 39.2. The van der Waals surface area contributed by atoms with Crippen molar-refractivity contribution in [2.75, 3.05) is 13.7 Å². The number of nitrogens with one attached hydrogen (secondary N) is 3. The molecule has 25 heavy (non-hydrogen) atoms. The number of rotatable bonds is 9. The zero-order valence-corrected chi connectivity index (χ0v) is 15.7. The minimum absolute atomic E-state index is 0.0960. The maximum Gasteiger partial charge on any atom is 0.339 e. The highest BCUT2D eigenvalue weighted by molar-refractivity contribution is 6.00. The van der Waals surface area contributed by atoms with E-state index in [0.29, 0.717) is 28.9 Å². The lowest BCUT2D eigenvalue weighted by Gasteiger charge is -2.11. The van der Waals surface area contributed by atoms with Crippen molar-refractivity contribution >= 4 is 17.8 Å². The number of hydrogen-bond acceptors (Lipinski definition) is 4. The number of aromatic nitrogens is 1. The molecule has 0 aliphatic rings. The molecule has 140 valence electrons. The third kappa shape index (κ3) is 5.62. The van der Waals surface area contributed by atoms with Crippen LogP contribution < -0.4 is 10.6 Å². The number of aryl methyl sites for hydroxylation is 1. The summed E-state index contributed by atoms with van der Waals surface area (Å²) in [6, 6.07) is 0.119. The number of esters is 1. The quantitative estimate of drug-likeness (QED) is 0.593. The summed E-state index contributed by atoms with van der Waals surface area (Å²) in [7, 11) is 1.32. The van der Waals surface area contributed by atoms with Gasteiger partial charge >= 0.3 is 5.97 Å². The molecule has 2 amide bonds. The van der Waals surface area contributed by atoms with Gasteiger partial charge in [0.25, 0.3) is 5.91 Å². The van der Waals surface area contributed by atoms with Gasteiger partial charge in [-0.15, -0.1) is 0 Å². The van der Waals surface area contributed by atoms with Crippen molar-refractivity contribution in [3.8, 4) is 0 Å². The van der Waals surface area contributed by atoms with Gasteiger partial charge in [0.1, 0.15) is 5.69 Å². The van der Waals surface area contributed by atoms with Crippen molar-refractivity contribution in [1.29, 1.82) is 0 Å². The molecule has 1 unspecified atom stereocenters. The molecule has 1 heterocycles. The first-order valence-corrected chi connectivity index (χ1v) is 8.72. The van der Waals surface area contributed by atoms with Crippen molar-refractivity contribution in [1.82, 2.24) is 15.6 Å². The Kier molecular flexibility index (Phi) is 8.18. The van der Waals surface area contributed by atoms with Gasteiger partial charge < -0.3 is 20.4 Å². The van der Waals surface area contributed by atoms with Crippen LogP contribution in [-0.4, -0.2) is 42.5 Å². The van der Waals surface area contributed by atoms with E-state index in [0.717, 1.165) is 12.8 Å². The van der Waals surface area contributed by atoms with Crippen LogP contribution in [0.4, 0.5) is 0 Å². The molecule has 0 saturated carbocycles. The molecule has 0 bridgehead atoms. The first-order chi connectivity index (χ1) is 11.8. The highest BCUT2D eigenvalue weighted by Crippen LogP contribution is 2.21. The molecule has 1 atom stereocenters. The number of H-pyrrole nitrogens is 1. The Labute approximate surface area is 148 Å². The molecule has 1 rings (SSSR count). The molecule has 7 nitrogen and oxygen atoms in total. The molecule has 0 aromatic carbocycles. The number of methoxy groups -OCH3 is 1. The van der Waals surface area contributed by atoms with Gasteiger partial charge in [-0.25, -0.2) is 4.79 Å². The van der Waals surface area contributed by atoms with Crippen LogP contribution in [0, 0.1) is 6.92 Å². The van der Waals surface area contributed by atoms with Crippen LogP contribution in [-0.2, 0) is 16.0 Å². The van der Waals surface area contributed by atoms with E-state index in [9.17, 15) is 14.4 Å². The number of amides is 2. The van der Waals surface area contributed by atoms with E-state index in [1.807, 2.05) is 20.8 Å². The van der Waals surface area contributed by atoms with E-state index in [2.05, 4.69) is 15.6 Å². The summed E-state index contributed by atoms with van der Waals surface area (Å²) in [5, 5.41) is 5.59. The molecule has 1 aromatic heterocycles. The summed E-state index contributed by atoms with van der Waals surface area (Å²) >= 11 is 0. The van der Waals surface area contributed by atoms with Crippen molar-refractivity contribution in [3.63, 3.8) is 0 Å². The second-order valence-corrected chi connectivity index (χ2v) is 6.10. The molecule has 3 N–H and O–H groups in total. The van der Waals surface area contributed by atoms with E-state index in [-0.39, 0.29) is 30.8 Å². The average molecular weight is 351 g/mol. The van der Waals surface area contributed by atoms with Crippen LogP contribution in [0.2, 0.25) is 0 Å². The van der Waals surface area contributed by atoms with E-state index in [1.165, 1.54) is 7.11 Å². The topological polar surface area (TPSA) is 100 Å². The summed E-state index contributed by atoms with van der Waals surface area (Å²) in [6.45, 7) is 7.88. The zero-order valence-electron chi connectivity index (χ0n) is 15.7. The fourth-order valence-corrected chi connectivity index (χ4v) is 2.58. The van der Waals surface area contributed by atoms with Crippen LogP contribution in [0.5, 0.6) is 0 Å². The second kappa shape index (κ2) is 9.86. The van der Waals surface area contributed by atoms with Gasteiger partial charge in [0.15, 0.2) is 0 Å². The second-order valence-electron chi connectivity index (χ2n) is 6.10. The molecule has 0 aliphatic carbocycles. The number of aromatic amines is 1. The van der Waals surface area contributed by atoms with Crippen molar-refractivity contribution < 1.29 is 19.1 Å². The first-order valence-electron chi connectivity index (χ1n) is 8.72. The lowest BCUT2D eigenvalue weighted by molar-refractivity contribution is -0.121. The molecule has 7 heteroatoms. The Morgan fingerprint density at radius 1 is 1.24 bits per heavy atom. The van der Waals surface area contributed by atoms with Crippen LogP contribution in [0.1, 0.15) is 72.1 Å². The maximum absolute atomic E-state index is 12.5. The molecular weight excluding hydrogens is 322 g/mol. The normalized spacial score (nSPS) is 11.7. The Hall–Kier alpha value is -2.31. The number of carbonyl (C=O) groups excluding carboxylic acids is 3. The lowest BCUT2D eigenvalue weighted by atomic mass is 10.0. The fourth-order valence-electron chi connectivity index (χ4n) is 2.58. The summed E-state index contributed by atoms with van der Waals surface area (Å²) in [5.74, 6) is -0.872. The summed E-state index contributed by atoms with van der Waals surface area (Å²) in [6.07, 6.45) is 2.45. The van der Waals surface area contributed by atoms with E-state index in [4.69, 9.17) is 4.74 Å². The Bertz CT molecular complexity index is 622. The molecule has 0 aliphatic heterocycles. The van der Waals surface area contributed by atoms with Crippen LogP contribution >= 0.6 is 0 Å². The number of ether oxygens (including phenoxy) is 1. The van der Waals surface area contributed by atoms with Crippen molar-refractivity contribution in [2.24, 2.45) is 0 Å². The van der Waals surface area contributed by atoms with Gasteiger partial charge in [0.2, 0.25) is 5.91 Å². The Morgan fingerprint density at radius 3 is 2.48 bits per heavy atom. The molecular formula is C18H29N3O4. The van der Waals surface area contributed by atoms with Gasteiger partial charge in [-0.05, 0) is 32.3 Å². The van der Waals surface area contributed by atoms with Gasteiger partial charge in [-0.3, -0.25) is 9.59 Å². The number of carbonyl (C=O) groups is 3. The van der Waals surface area contributed by atoms with Gasteiger partial charge in [0, 0.05) is 24.7 Å². The lowest BCUT2D eigenvalue weighted by Crippen LogP contribution is -2.35. The smallest absolute Gasteiger partial charge is 0.339 e. The molecule has 0 spiro atoms. The molecule has 0 radical (unpaired) electrons. The Morgan fingerprint density at radius 2 is 1.92 bits per heavy atom. The van der Waals surface area contributed by atoms with Crippen molar-refractivity contribution in [3.05, 3.63) is 22.5 Å². The highest BCUT2D eigenvalue weighted by atomic mass is 16.5. The minimum Gasteiger partial charge on any atom is -0.465 e. The predicted octanol–water partition coefficient (Wildman–Crippen LogP) is 2.10. The third-order valence-corrected chi connectivity index (χ3v) is 4.07. The third-order valence-electron chi connectivity index (χ3n) is 4.07. The van der Waals surface area contributed by atoms with Crippen LogP contribution in [0.3, 0.4) is 0 Å². The predicted molar refractivity (Wildman–Crippen MR) is 95.7 cm³/mol. The maximum atomic E-state index is 12.5. The van der Waals surface area contributed by atoms with Gasteiger partial charge in [-0.1, -0.05) is 20.3 Å². The van der Waals surface area contributed by atoms with Crippen LogP contribution in [0.15, 0.2) is 0 Å². The molecule has 1 aromatic rings. The SMILES string of the molecule is CCCc1c(C(=O)NCCC(=O)NC(C)CC)[nH]c(C)c1C(=O)OC. The average Bonchev–Trinajstić information content (AvgIpc) is 2.90. The Balaban J connectivity index is 2.78. The van der Waals surface area contributed by atoms with Crippen molar-refractivity contribution in [2.45, 2.75) is 59.4 Å². The largest absolute Gasteiger partial charge is 0.465 e. The highest BCUT2D eigenvalue weighted by Gasteiger charge is 2.24. The minimum atomic E-state index is -0.454. The van der Waals surface area contributed by atoms with E-state index in [1.54, 1.807) is 6.92 Å². The monoisotopic (exact) mass is 351 g/mol. The van der Waals surface area contributed by atoms with E-state index >= 15 is 0 Å². The zero-order chi connectivity index (χ0) is 19.0. The summed E-state index contributed by atoms with van der Waals surface area (Å²) in [5.41, 5.74) is 2.05. The standard InChI is InChI=1S/C18H29N3O4/c1-6-8-13-15(18(24)25-5)12(4)21-16(13)17(23)19-10-9-14(22)20-11(3)7-2/h11,21H,6-10H2,1-5H3,(H,19,23)(H,20,22). The van der Waals surface area contributed by atoms with Gasteiger partial charge in [-0.2, -0.15) is 0 Å².